The van der Waals surface area contributed by atoms with E-state index in [-0.39, 0.29) is 23.9 Å². The molecule has 1 aliphatic rings. The summed E-state index contributed by atoms with van der Waals surface area (Å²) >= 11 is 0. The van der Waals surface area contributed by atoms with Crippen LogP contribution in [0.25, 0.3) is 0 Å². The third-order valence-electron chi connectivity index (χ3n) is 7.71. The summed E-state index contributed by atoms with van der Waals surface area (Å²) in [4.78, 5) is 12.7. The van der Waals surface area contributed by atoms with Crippen molar-refractivity contribution in [2.45, 2.75) is 109 Å². The van der Waals surface area contributed by atoms with Crippen molar-refractivity contribution in [1.82, 2.24) is 10.6 Å². The molecule has 1 aliphatic carbocycles. The number of carbonyl (C=O) groups is 1. The van der Waals surface area contributed by atoms with Gasteiger partial charge in [0.25, 0.3) is 0 Å². The number of alkyl carbamates (subject to hydrolysis) is 1. The second-order valence-electron chi connectivity index (χ2n) is 13.1. The van der Waals surface area contributed by atoms with Gasteiger partial charge >= 0.3 is 6.09 Å². The predicted molar refractivity (Wildman–Crippen MR) is 152 cm³/mol. The van der Waals surface area contributed by atoms with Gasteiger partial charge in [0.05, 0.1) is 12.1 Å². The maximum atomic E-state index is 13.9. The number of amides is 1. The molecule has 2 unspecified atom stereocenters. The van der Waals surface area contributed by atoms with Gasteiger partial charge in [-0.1, -0.05) is 64.8 Å². The van der Waals surface area contributed by atoms with E-state index in [1.54, 1.807) is 20.8 Å². The third kappa shape index (κ3) is 8.49. The fourth-order valence-electron chi connectivity index (χ4n) is 5.56. The van der Waals surface area contributed by atoms with E-state index in [0.29, 0.717) is 11.5 Å². The molecule has 0 radical (unpaired) electrons. The molecule has 1 amide bonds. The number of halogens is 2. The van der Waals surface area contributed by atoms with Crippen LogP contribution in [0.3, 0.4) is 0 Å². The molecule has 4 atom stereocenters. The maximum Gasteiger partial charge on any atom is 0.407 e. The fraction of sp³-hybridized carbons (Fsp3) is 0.594. The van der Waals surface area contributed by atoms with Gasteiger partial charge in [0.15, 0.2) is 0 Å². The lowest BCUT2D eigenvalue weighted by molar-refractivity contribution is 0.0394. The highest BCUT2D eigenvalue weighted by Crippen LogP contribution is 2.42. The molecule has 216 valence electrons. The fourth-order valence-corrected chi connectivity index (χ4v) is 5.56. The molecule has 2 aromatic carbocycles. The van der Waals surface area contributed by atoms with Crippen LogP contribution >= 0.6 is 0 Å². The molecule has 0 bridgehead atoms. The minimum absolute atomic E-state index is 0.00270. The van der Waals surface area contributed by atoms with Gasteiger partial charge in [-0.2, -0.15) is 0 Å². The van der Waals surface area contributed by atoms with E-state index < -0.39 is 35.5 Å². The Kier molecular flexibility index (Phi) is 9.82. The monoisotopic (exact) mass is 544 g/mol. The van der Waals surface area contributed by atoms with Gasteiger partial charge in [0.2, 0.25) is 0 Å². The van der Waals surface area contributed by atoms with Crippen molar-refractivity contribution < 1.29 is 23.4 Å². The SMILES string of the molecule is CC1CCCCC1(NC[C@@H](O)[C@@H](Cc1cc(F)cc(F)c1)NC(=O)OC(C)(C)C)c1cccc(C(C)(C)C)c1. The standard InChI is InChI=1S/C32H46F2N2O3/c1-21-11-8-9-14-32(21,24-13-10-12-23(18-24)30(2,3)4)35-20-28(37)27(36-29(38)39-31(5,6)7)17-22-15-25(33)19-26(34)16-22/h10,12-13,15-16,18-19,21,27-28,35,37H,8-9,11,14,17,20H2,1-7H3,(H,36,38)/t21?,27-,28-,32?/m1/s1. The molecule has 3 N–H and O–H groups in total. The van der Waals surface area contributed by atoms with E-state index in [4.69, 9.17) is 4.74 Å². The zero-order valence-electron chi connectivity index (χ0n) is 24.5. The van der Waals surface area contributed by atoms with Crippen molar-refractivity contribution in [3.63, 3.8) is 0 Å². The average molecular weight is 545 g/mol. The van der Waals surface area contributed by atoms with E-state index >= 15 is 0 Å². The van der Waals surface area contributed by atoms with Gasteiger partial charge in [-0.3, -0.25) is 0 Å². The minimum atomic E-state index is -1.04. The molecular formula is C32H46F2N2O3. The molecule has 0 aromatic heterocycles. The number of nitrogens with one attached hydrogen (secondary N) is 2. The molecule has 3 rings (SSSR count). The second-order valence-corrected chi connectivity index (χ2v) is 13.1. The lowest BCUT2D eigenvalue weighted by Gasteiger charge is -2.45. The lowest BCUT2D eigenvalue weighted by atomic mass is 9.68. The average Bonchev–Trinajstić information content (AvgIpc) is 2.81. The maximum absolute atomic E-state index is 13.9. The van der Waals surface area contributed by atoms with Crippen LogP contribution in [-0.4, -0.2) is 35.5 Å². The molecule has 2 aromatic rings. The van der Waals surface area contributed by atoms with E-state index in [0.717, 1.165) is 31.7 Å². The van der Waals surface area contributed by atoms with E-state index in [1.165, 1.54) is 23.3 Å². The van der Waals surface area contributed by atoms with E-state index in [1.807, 2.05) is 0 Å². The number of carbonyl (C=O) groups excluding carboxylic acids is 1. The van der Waals surface area contributed by atoms with Crippen LogP contribution < -0.4 is 10.6 Å². The summed E-state index contributed by atoms with van der Waals surface area (Å²) in [6.45, 7) is 14.3. The summed E-state index contributed by atoms with van der Waals surface area (Å²) in [7, 11) is 0. The van der Waals surface area contributed by atoms with Gasteiger partial charge in [-0.25, -0.2) is 13.6 Å². The van der Waals surface area contributed by atoms with Crippen molar-refractivity contribution in [2.75, 3.05) is 6.54 Å². The van der Waals surface area contributed by atoms with Crippen molar-refractivity contribution in [3.8, 4) is 0 Å². The van der Waals surface area contributed by atoms with Crippen LogP contribution in [0.1, 0.15) is 90.8 Å². The first-order valence-electron chi connectivity index (χ1n) is 14.1. The van der Waals surface area contributed by atoms with Crippen molar-refractivity contribution in [3.05, 3.63) is 70.8 Å². The quantitative estimate of drug-likeness (QED) is 0.344. The molecule has 1 fully saturated rings. The number of hydrogen-bond donors (Lipinski definition) is 3. The molecular weight excluding hydrogens is 498 g/mol. The Morgan fingerprint density at radius 3 is 2.33 bits per heavy atom. The van der Waals surface area contributed by atoms with Crippen LogP contribution in [0.15, 0.2) is 42.5 Å². The second kappa shape index (κ2) is 12.3. The molecule has 5 nitrogen and oxygen atoms in total. The van der Waals surface area contributed by atoms with E-state index in [9.17, 15) is 18.7 Å². The Morgan fingerprint density at radius 1 is 1.08 bits per heavy atom. The van der Waals surface area contributed by atoms with E-state index in [2.05, 4.69) is 62.6 Å². The summed E-state index contributed by atoms with van der Waals surface area (Å²) < 4.78 is 33.3. The number of aliphatic hydroxyl groups is 1. The summed E-state index contributed by atoms with van der Waals surface area (Å²) in [5.74, 6) is -1.09. The predicted octanol–water partition coefficient (Wildman–Crippen LogP) is 6.75. The molecule has 0 aliphatic heterocycles. The van der Waals surface area contributed by atoms with Crippen molar-refractivity contribution in [1.29, 1.82) is 0 Å². The zero-order chi connectivity index (χ0) is 29.0. The van der Waals surface area contributed by atoms with Gasteiger partial charge in [0, 0.05) is 18.2 Å². The number of ether oxygens (including phenoxy) is 1. The van der Waals surface area contributed by atoms with Crippen molar-refractivity contribution in [2.24, 2.45) is 5.92 Å². The molecule has 0 spiro atoms. The topological polar surface area (TPSA) is 70.6 Å². The number of aliphatic hydroxyl groups excluding tert-OH is 1. The summed E-state index contributed by atoms with van der Waals surface area (Å²) in [5.41, 5.74) is 1.70. The Morgan fingerprint density at radius 2 is 1.74 bits per heavy atom. The normalized spacial score (nSPS) is 21.7. The van der Waals surface area contributed by atoms with Crippen LogP contribution in [0.5, 0.6) is 0 Å². The van der Waals surface area contributed by atoms with Crippen LogP contribution in [0.2, 0.25) is 0 Å². The molecule has 1 saturated carbocycles. The molecule has 39 heavy (non-hydrogen) atoms. The Balaban J connectivity index is 1.88. The van der Waals surface area contributed by atoms with Crippen LogP contribution in [-0.2, 0) is 22.1 Å². The first kappa shape index (κ1) is 31.0. The molecule has 7 heteroatoms. The number of benzene rings is 2. The summed E-state index contributed by atoms with van der Waals surface area (Å²) in [6.07, 6.45) is 2.51. The van der Waals surface area contributed by atoms with Gasteiger partial charge in [-0.15, -0.1) is 0 Å². The van der Waals surface area contributed by atoms with Crippen LogP contribution in [0.4, 0.5) is 13.6 Å². The Labute approximate surface area is 232 Å². The van der Waals surface area contributed by atoms with Crippen molar-refractivity contribution >= 4 is 6.09 Å². The molecule has 0 saturated heterocycles. The number of rotatable bonds is 8. The largest absolute Gasteiger partial charge is 0.444 e. The third-order valence-corrected chi connectivity index (χ3v) is 7.71. The zero-order valence-corrected chi connectivity index (χ0v) is 24.5. The Bertz CT molecular complexity index is 1100. The summed E-state index contributed by atoms with van der Waals surface area (Å²) in [6, 6.07) is 11.1. The Hall–Kier alpha value is -2.51. The highest BCUT2D eigenvalue weighted by Gasteiger charge is 2.40. The van der Waals surface area contributed by atoms with Crippen LogP contribution in [0, 0.1) is 17.6 Å². The van der Waals surface area contributed by atoms with Gasteiger partial charge < -0.3 is 20.5 Å². The van der Waals surface area contributed by atoms with Gasteiger partial charge in [0.1, 0.15) is 17.2 Å². The number of hydrogen-bond acceptors (Lipinski definition) is 4. The first-order valence-corrected chi connectivity index (χ1v) is 14.1. The van der Waals surface area contributed by atoms with Gasteiger partial charge in [-0.05, 0) is 80.2 Å². The lowest BCUT2D eigenvalue weighted by Crippen LogP contribution is -2.56. The highest BCUT2D eigenvalue weighted by molar-refractivity contribution is 5.68. The first-order chi connectivity index (χ1) is 18.1. The smallest absolute Gasteiger partial charge is 0.407 e. The summed E-state index contributed by atoms with van der Waals surface area (Å²) in [5, 5.41) is 17.8. The highest BCUT2D eigenvalue weighted by atomic mass is 19.1. The minimum Gasteiger partial charge on any atom is -0.444 e. The molecule has 0 heterocycles.